The molecule has 3 aromatic carbocycles. The smallest absolute Gasteiger partial charge is 0.262 e. The van der Waals surface area contributed by atoms with Crippen molar-refractivity contribution in [2.45, 2.75) is 13.5 Å². The maximum atomic E-state index is 12.6. The SMILES string of the molecule is Cc1ccc(Cl)cc1NC(=O)COc1ccccc1C(=O)NCc1ccccc1. The minimum Gasteiger partial charge on any atom is -0.483 e. The van der Waals surface area contributed by atoms with E-state index in [9.17, 15) is 9.59 Å². The first-order chi connectivity index (χ1) is 14.0. The average Bonchev–Trinajstić information content (AvgIpc) is 2.74. The lowest BCUT2D eigenvalue weighted by molar-refractivity contribution is -0.118. The largest absolute Gasteiger partial charge is 0.483 e. The number of hydrogen-bond donors (Lipinski definition) is 2. The Hall–Kier alpha value is -3.31. The van der Waals surface area contributed by atoms with Crippen molar-refractivity contribution < 1.29 is 14.3 Å². The molecule has 29 heavy (non-hydrogen) atoms. The van der Waals surface area contributed by atoms with E-state index in [4.69, 9.17) is 16.3 Å². The molecule has 0 aromatic heterocycles. The highest BCUT2D eigenvalue weighted by atomic mass is 35.5. The molecule has 3 rings (SSSR count). The molecule has 0 fully saturated rings. The zero-order valence-corrected chi connectivity index (χ0v) is 16.7. The number of hydrogen-bond acceptors (Lipinski definition) is 3. The van der Waals surface area contributed by atoms with Crippen molar-refractivity contribution in [3.05, 3.63) is 94.5 Å². The van der Waals surface area contributed by atoms with Gasteiger partial charge in [-0.1, -0.05) is 60.1 Å². The number of para-hydroxylation sites is 1. The number of carbonyl (C=O) groups is 2. The second-order valence-corrected chi connectivity index (χ2v) is 6.90. The van der Waals surface area contributed by atoms with E-state index in [0.29, 0.717) is 28.6 Å². The molecule has 148 valence electrons. The topological polar surface area (TPSA) is 67.4 Å². The van der Waals surface area contributed by atoms with E-state index in [2.05, 4.69) is 10.6 Å². The Morgan fingerprint density at radius 2 is 1.69 bits per heavy atom. The lowest BCUT2D eigenvalue weighted by Gasteiger charge is -2.13. The maximum absolute atomic E-state index is 12.6. The molecule has 2 N–H and O–H groups in total. The van der Waals surface area contributed by atoms with Crippen LogP contribution in [0.25, 0.3) is 0 Å². The van der Waals surface area contributed by atoms with Crippen LogP contribution in [-0.4, -0.2) is 18.4 Å². The first kappa shape index (κ1) is 20.4. The normalized spacial score (nSPS) is 10.3. The number of aryl methyl sites for hydroxylation is 1. The molecule has 0 radical (unpaired) electrons. The fourth-order valence-electron chi connectivity index (χ4n) is 2.71. The Morgan fingerprint density at radius 1 is 0.966 bits per heavy atom. The van der Waals surface area contributed by atoms with Crippen molar-refractivity contribution in [1.29, 1.82) is 0 Å². The minimum atomic E-state index is -0.338. The summed E-state index contributed by atoms with van der Waals surface area (Å²) >= 11 is 5.98. The first-order valence-electron chi connectivity index (χ1n) is 9.13. The number of ether oxygens (including phenoxy) is 1. The molecule has 0 bridgehead atoms. The standard InChI is InChI=1S/C23H21ClN2O3/c1-16-11-12-18(24)13-20(16)26-22(27)15-29-21-10-6-5-9-19(21)23(28)25-14-17-7-3-2-4-8-17/h2-13H,14-15H2,1H3,(H,25,28)(H,26,27). The lowest BCUT2D eigenvalue weighted by atomic mass is 10.1. The molecule has 0 saturated heterocycles. The summed E-state index contributed by atoms with van der Waals surface area (Å²) < 4.78 is 5.61. The van der Waals surface area contributed by atoms with Gasteiger partial charge >= 0.3 is 0 Å². The third-order valence-corrected chi connectivity index (χ3v) is 4.50. The summed E-state index contributed by atoms with van der Waals surface area (Å²) in [5.74, 6) is -0.263. The molecular formula is C23H21ClN2O3. The van der Waals surface area contributed by atoms with Crippen LogP contribution in [0.2, 0.25) is 5.02 Å². The molecule has 0 spiro atoms. The number of rotatable bonds is 7. The van der Waals surface area contributed by atoms with E-state index in [-0.39, 0.29) is 18.4 Å². The molecule has 6 heteroatoms. The van der Waals surface area contributed by atoms with E-state index in [1.807, 2.05) is 43.3 Å². The van der Waals surface area contributed by atoms with Gasteiger partial charge in [-0.3, -0.25) is 9.59 Å². The molecule has 5 nitrogen and oxygen atoms in total. The molecule has 3 aromatic rings. The van der Waals surface area contributed by atoms with Gasteiger partial charge in [0.2, 0.25) is 0 Å². The highest BCUT2D eigenvalue weighted by Gasteiger charge is 2.14. The van der Waals surface area contributed by atoms with Gasteiger partial charge in [0, 0.05) is 17.3 Å². The van der Waals surface area contributed by atoms with Crippen LogP contribution in [0.15, 0.2) is 72.8 Å². The Morgan fingerprint density at radius 3 is 2.48 bits per heavy atom. The second kappa shape index (κ2) is 9.75. The number of anilines is 1. The van der Waals surface area contributed by atoms with E-state index >= 15 is 0 Å². The van der Waals surface area contributed by atoms with Crippen LogP contribution in [-0.2, 0) is 11.3 Å². The molecular weight excluding hydrogens is 388 g/mol. The third kappa shape index (κ3) is 5.83. The van der Waals surface area contributed by atoms with Crippen molar-refractivity contribution in [2.75, 3.05) is 11.9 Å². The molecule has 0 saturated carbocycles. The van der Waals surface area contributed by atoms with E-state index < -0.39 is 0 Å². The molecule has 0 unspecified atom stereocenters. The van der Waals surface area contributed by atoms with Gasteiger partial charge in [0.15, 0.2) is 6.61 Å². The van der Waals surface area contributed by atoms with Crippen LogP contribution in [0.1, 0.15) is 21.5 Å². The van der Waals surface area contributed by atoms with Gasteiger partial charge in [-0.05, 0) is 42.3 Å². The molecule has 2 amide bonds. The Kier molecular flexibility index (Phi) is 6.87. The quantitative estimate of drug-likeness (QED) is 0.600. The third-order valence-electron chi connectivity index (χ3n) is 4.26. The summed E-state index contributed by atoms with van der Waals surface area (Å²) in [7, 11) is 0. The van der Waals surface area contributed by atoms with Crippen molar-refractivity contribution in [3.63, 3.8) is 0 Å². The zero-order chi connectivity index (χ0) is 20.6. The number of halogens is 1. The number of nitrogens with one attached hydrogen (secondary N) is 2. The summed E-state index contributed by atoms with van der Waals surface area (Å²) in [6.07, 6.45) is 0. The average molecular weight is 409 g/mol. The minimum absolute atomic E-state index is 0.227. The van der Waals surface area contributed by atoms with Gasteiger partial charge in [0.05, 0.1) is 5.56 Å². The number of benzene rings is 3. The van der Waals surface area contributed by atoms with Crippen LogP contribution in [0, 0.1) is 6.92 Å². The monoisotopic (exact) mass is 408 g/mol. The predicted octanol–water partition coefficient (Wildman–Crippen LogP) is 4.60. The first-order valence-corrected chi connectivity index (χ1v) is 9.50. The fourth-order valence-corrected chi connectivity index (χ4v) is 2.88. The van der Waals surface area contributed by atoms with Gasteiger partial charge in [0.1, 0.15) is 5.75 Å². The highest BCUT2D eigenvalue weighted by molar-refractivity contribution is 6.31. The van der Waals surface area contributed by atoms with Gasteiger partial charge in [-0.15, -0.1) is 0 Å². The Labute approximate surface area is 174 Å². The van der Waals surface area contributed by atoms with E-state index in [1.165, 1.54) is 0 Å². The number of carbonyl (C=O) groups excluding carboxylic acids is 2. The lowest BCUT2D eigenvalue weighted by Crippen LogP contribution is -2.25. The molecule has 0 aliphatic rings. The molecule has 0 aliphatic carbocycles. The molecule has 0 atom stereocenters. The van der Waals surface area contributed by atoms with Crippen LogP contribution in [0.3, 0.4) is 0 Å². The maximum Gasteiger partial charge on any atom is 0.262 e. The van der Waals surface area contributed by atoms with E-state index in [0.717, 1.165) is 11.1 Å². The van der Waals surface area contributed by atoms with Crippen molar-refractivity contribution >= 4 is 29.1 Å². The van der Waals surface area contributed by atoms with Crippen LogP contribution in [0.4, 0.5) is 5.69 Å². The van der Waals surface area contributed by atoms with Crippen LogP contribution in [0.5, 0.6) is 5.75 Å². The summed E-state index contributed by atoms with van der Waals surface area (Å²) in [6.45, 7) is 2.05. The van der Waals surface area contributed by atoms with Crippen LogP contribution >= 0.6 is 11.6 Å². The Bertz CT molecular complexity index is 1010. The highest BCUT2D eigenvalue weighted by Crippen LogP contribution is 2.21. The summed E-state index contributed by atoms with van der Waals surface area (Å²) in [5.41, 5.74) is 2.88. The Balaban J connectivity index is 1.60. The van der Waals surface area contributed by atoms with Gasteiger partial charge in [-0.25, -0.2) is 0 Å². The van der Waals surface area contributed by atoms with E-state index in [1.54, 1.807) is 36.4 Å². The van der Waals surface area contributed by atoms with Crippen molar-refractivity contribution in [2.24, 2.45) is 0 Å². The molecule has 0 aliphatic heterocycles. The molecule has 0 heterocycles. The van der Waals surface area contributed by atoms with Crippen molar-refractivity contribution in [3.8, 4) is 5.75 Å². The van der Waals surface area contributed by atoms with Gasteiger partial charge in [-0.2, -0.15) is 0 Å². The summed E-state index contributed by atoms with van der Waals surface area (Å²) in [5, 5.41) is 6.16. The zero-order valence-electron chi connectivity index (χ0n) is 15.9. The summed E-state index contributed by atoms with van der Waals surface area (Å²) in [6, 6.07) is 21.7. The summed E-state index contributed by atoms with van der Waals surface area (Å²) in [4.78, 5) is 24.8. The second-order valence-electron chi connectivity index (χ2n) is 6.46. The van der Waals surface area contributed by atoms with Gasteiger partial charge < -0.3 is 15.4 Å². The van der Waals surface area contributed by atoms with Crippen molar-refractivity contribution in [1.82, 2.24) is 5.32 Å². The fraction of sp³-hybridized carbons (Fsp3) is 0.130. The predicted molar refractivity (Wildman–Crippen MR) is 114 cm³/mol. The van der Waals surface area contributed by atoms with Gasteiger partial charge in [0.25, 0.3) is 11.8 Å². The van der Waals surface area contributed by atoms with Crippen LogP contribution < -0.4 is 15.4 Å². The number of amides is 2.